The number of rotatable bonds is 10. The molecule has 2 saturated heterocycles. The number of hydrogen-bond donors (Lipinski definition) is 0. The minimum Gasteiger partial charge on any atom is -0.491 e. The van der Waals surface area contributed by atoms with Gasteiger partial charge in [-0.3, -0.25) is 14.6 Å². The maximum atomic E-state index is 14.4. The van der Waals surface area contributed by atoms with Gasteiger partial charge >= 0.3 is 11.7 Å². The third-order valence-electron chi connectivity index (χ3n) is 9.21. The monoisotopic (exact) mass is 601 g/mol. The van der Waals surface area contributed by atoms with Crippen LogP contribution in [0.1, 0.15) is 73.9 Å². The second-order valence-electron chi connectivity index (χ2n) is 12.2. The van der Waals surface area contributed by atoms with E-state index in [1.54, 1.807) is 4.90 Å². The quantitative estimate of drug-likeness (QED) is 0.214. The van der Waals surface area contributed by atoms with Crippen molar-refractivity contribution in [3.63, 3.8) is 0 Å². The third kappa shape index (κ3) is 6.07. The Morgan fingerprint density at radius 2 is 1.80 bits per heavy atom. The molecule has 9 nitrogen and oxygen atoms in total. The number of amides is 2. The number of anilines is 1. The van der Waals surface area contributed by atoms with E-state index in [4.69, 9.17) is 13.9 Å². The molecule has 1 aromatic heterocycles. The van der Waals surface area contributed by atoms with Crippen LogP contribution in [-0.2, 0) is 17.6 Å². The normalized spacial score (nSPS) is 19.7. The van der Waals surface area contributed by atoms with Crippen molar-refractivity contribution >= 4 is 28.7 Å². The van der Waals surface area contributed by atoms with Gasteiger partial charge in [0.1, 0.15) is 17.9 Å². The van der Waals surface area contributed by atoms with Crippen molar-refractivity contribution in [3.8, 4) is 5.75 Å². The van der Waals surface area contributed by atoms with Gasteiger partial charge in [-0.15, -0.1) is 0 Å². The molecule has 3 aromatic rings. The van der Waals surface area contributed by atoms with Gasteiger partial charge in [0, 0.05) is 55.4 Å². The molecule has 234 valence electrons. The highest BCUT2D eigenvalue weighted by atomic mass is 16.6. The number of fused-ring (bicyclic) bond motifs is 4. The average Bonchev–Trinajstić information content (AvgIpc) is 3.30. The highest BCUT2D eigenvalue weighted by Crippen LogP contribution is 2.35. The van der Waals surface area contributed by atoms with Gasteiger partial charge in [-0.2, -0.15) is 0 Å². The predicted octanol–water partition coefficient (Wildman–Crippen LogP) is 5.80. The van der Waals surface area contributed by atoms with E-state index in [0.29, 0.717) is 49.6 Å². The van der Waals surface area contributed by atoms with Crippen LogP contribution in [0.5, 0.6) is 5.75 Å². The summed E-state index contributed by atoms with van der Waals surface area (Å²) >= 11 is 0. The summed E-state index contributed by atoms with van der Waals surface area (Å²) < 4.78 is 17.7. The van der Waals surface area contributed by atoms with Gasteiger partial charge < -0.3 is 18.8 Å². The van der Waals surface area contributed by atoms with Crippen LogP contribution in [0.2, 0.25) is 0 Å². The Morgan fingerprint density at radius 3 is 2.57 bits per heavy atom. The Balaban J connectivity index is 1.23. The van der Waals surface area contributed by atoms with E-state index in [1.807, 2.05) is 35.2 Å². The summed E-state index contributed by atoms with van der Waals surface area (Å²) in [4.78, 5) is 45.9. The highest BCUT2D eigenvalue weighted by Gasteiger charge is 2.43. The standard InChI is InChI=1S/C35H43N3O6/c1-3-5-19-43-35(41)38-26-13-14-27(38)23-36(22-26)18-20-42-30-16-15-28-25(9-4-2)21-31(39)44-33(28)32(30)34(40)37-17-8-11-24-10-6-7-12-29(24)37/h6-7,10,12,15-16,21,26-27H,3-5,8-9,11,13-14,17-20,22-23H2,1-2H3. The maximum absolute atomic E-state index is 14.4. The van der Waals surface area contributed by atoms with Crippen LogP contribution < -0.4 is 15.3 Å². The molecule has 2 atom stereocenters. The lowest BCUT2D eigenvalue weighted by Gasteiger charge is -2.40. The molecule has 6 rings (SSSR count). The molecule has 0 aliphatic carbocycles. The maximum Gasteiger partial charge on any atom is 0.410 e. The van der Waals surface area contributed by atoms with Crippen molar-refractivity contribution in [3.05, 3.63) is 69.6 Å². The number of likely N-dealkylation sites (tertiary alicyclic amines) is 1. The number of benzene rings is 2. The first kappa shape index (κ1) is 30.2. The summed E-state index contributed by atoms with van der Waals surface area (Å²) in [7, 11) is 0. The molecule has 2 amide bonds. The number of hydrogen-bond acceptors (Lipinski definition) is 7. The van der Waals surface area contributed by atoms with Crippen molar-refractivity contribution in [2.24, 2.45) is 0 Å². The van der Waals surface area contributed by atoms with Crippen molar-refractivity contribution < 1.29 is 23.5 Å². The van der Waals surface area contributed by atoms with Crippen LogP contribution in [0.3, 0.4) is 0 Å². The molecule has 2 bridgehead atoms. The number of nitrogens with zero attached hydrogens (tertiary/aromatic N) is 3. The van der Waals surface area contributed by atoms with E-state index in [2.05, 4.69) is 24.8 Å². The molecule has 2 aromatic carbocycles. The molecule has 0 radical (unpaired) electrons. The summed E-state index contributed by atoms with van der Waals surface area (Å²) in [6, 6.07) is 13.6. The zero-order chi connectivity index (χ0) is 30.6. The van der Waals surface area contributed by atoms with Gasteiger partial charge in [0.2, 0.25) is 0 Å². The van der Waals surface area contributed by atoms with Crippen molar-refractivity contribution in [1.29, 1.82) is 0 Å². The fraction of sp³-hybridized carbons (Fsp3) is 0.514. The molecule has 3 aliphatic rings. The van der Waals surface area contributed by atoms with Crippen LogP contribution in [0.15, 0.2) is 51.7 Å². The first-order valence-electron chi connectivity index (χ1n) is 16.3. The summed E-state index contributed by atoms with van der Waals surface area (Å²) in [6.45, 7) is 7.76. The molecule has 0 N–H and O–H groups in total. The Labute approximate surface area is 258 Å². The van der Waals surface area contributed by atoms with E-state index in [9.17, 15) is 14.4 Å². The van der Waals surface area contributed by atoms with Gasteiger partial charge in [0.15, 0.2) is 5.58 Å². The van der Waals surface area contributed by atoms with Crippen LogP contribution in [0.4, 0.5) is 10.5 Å². The molecule has 2 unspecified atom stereocenters. The molecule has 3 aliphatic heterocycles. The molecular formula is C35H43N3O6. The van der Waals surface area contributed by atoms with E-state index < -0.39 is 5.63 Å². The Morgan fingerprint density at radius 1 is 1.00 bits per heavy atom. The number of carbonyl (C=O) groups is 2. The van der Waals surface area contributed by atoms with E-state index in [0.717, 1.165) is 80.2 Å². The lowest BCUT2D eigenvalue weighted by atomic mass is 9.98. The summed E-state index contributed by atoms with van der Waals surface area (Å²) in [5.74, 6) is 0.200. The summed E-state index contributed by atoms with van der Waals surface area (Å²) in [6.07, 6.45) is 6.99. The fourth-order valence-electron chi connectivity index (χ4n) is 7.09. The van der Waals surface area contributed by atoms with E-state index >= 15 is 0 Å². The first-order valence-corrected chi connectivity index (χ1v) is 16.3. The number of ether oxygens (including phenoxy) is 2. The third-order valence-corrected chi connectivity index (χ3v) is 9.21. The molecule has 4 heterocycles. The largest absolute Gasteiger partial charge is 0.491 e. The zero-order valence-electron chi connectivity index (χ0n) is 25.9. The second-order valence-corrected chi connectivity index (χ2v) is 12.2. The average molecular weight is 602 g/mol. The molecule has 0 spiro atoms. The molecule has 9 heteroatoms. The second kappa shape index (κ2) is 13.4. The van der Waals surface area contributed by atoms with Gasteiger partial charge in [-0.05, 0) is 67.9 Å². The number of piperazine rings is 1. The van der Waals surface area contributed by atoms with Crippen LogP contribution in [0.25, 0.3) is 11.0 Å². The molecular weight excluding hydrogens is 558 g/mol. The topological polar surface area (TPSA) is 92.5 Å². The van der Waals surface area contributed by atoms with Crippen molar-refractivity contribution in [2.75, 3.05) is 44.3 Å². The summed E-state index contributed by atoms with van der Waals surface area (Å²) in [5, 5.41) is 0.769. The predicted molar refractivity (Wildman–Crippen MR) is 170 cm³/mol. The van der Waals surface area contributed by atoms with E-state index in [-0.39, 0.29) is 24.1 Å². The Kier molecular flexibility index (Phi) is 9.21. The lowest BCUT2D eigenvalue weighted by Crippen LogP contribution is -2.56. The van der Waals surface area contributed by atoms with Gasteiger partial charge in [0.05, 0.1) is 6.61 Å². The van der Waals surface area contributed by atoms with Crippen LogP contribution >= 0.6 is 0 Å². The number of unbranched alkanes of at least 4 members (excludes halogenated alkanes) is 1. The van der Waals surface area contributed by atoms with Gasteiger partial charge in [-0.1, -0.05) is 44.9 Å². The minimum atomic E-state index is -0.465. The number of carbonyl (C=O) groups excluding carboxylic acids is 2. The number of para-hydroxylation sites is 1. The molecule has 0 saturated carbocycles. The lowest BCUT2D eigenvalue weighted by molar-refractivity contribution is 0.0376. The molecule has 2 fully saturated rings. The summed E-state index contributed by atoms with van der Waals surface area (Å²) in [5.41, 5.74) is 3.02. The Hall–Kier alpha value is -3.85. The smallest absolute Gasteiger partial charge is 0.410 e. The fourth-order valence-corrected chi connectivity index (χ4v) is 7.09. The minimum absolute atomic E-state index is 0.145. The Bertz CT molecular complexity index is 1550. The van der Waals surface area contributed by atoms with Crippen molar-refractivity contribution in [1.82, 2.24) is 9.80 Å². The van der Waals surface area contributed by atoms with Gasteiger partial charge in [0.25, 0.3) is 5.91 Å². The van der Waals surface area contributed by atoms with E-state index in [1.165, 1.54) is 6.07 Å². The van der Waals surface area contributed by atoms with Gasteiger partial charge in [-0.25, -0.2) is 9.59 Å². The van der Waals surface area contributed by atoms with Crippen LogP contribution in [0, 0.1) is 0 Å². The first-order chi connectivity index (χ1) is 21.5. The highest BCUT2D eigenvalue weighted by molar-refractivity contribution is 6.15. The number of aryl methyl sites for hydroxylation is 2. The molecule has 44 heavy (non-hydrogen) atoms. The van der Waals surface area contributed by atoms with Crippen LogP contribution in [-0.4, -0.2) is 73.3 Å². The SMILES string of the molecule is CCCCOC(=O)N1C2CCC1CN(CCOc1ccc3c(CCC)cc(=O)oc3c1C(=O)N1CCCc3ccccc31)C2. The van der Waals surface area contributed by atoms with Crippen molar-refractivity contribution in [2.45, 2.75) is 77.3 Å². The zero-order valence-corrected chi connectivity index (χ0v) is 25.9.